The third-order valence-corrected chi connectivity index (χ3v) is 7.37. The van der Waals surface area contributed by atoms with Gasteiger partial charge in [-0.2, -0.15) is 4.31 Å². The molecule has 0 N–H and O–H groups in total. The van der Waals surface area contributed by atoms with Crippen LogP contribution in [0.4, 0.5) is 0 Å². The van der Waals surface area contributed by atoms with Gasteiger partial charge in [0, 0.05) is 32.2 Å². The van der Waals surface area contributed by atoms with Crippen LogP contribution in [0.3, 0.4) is 0 Å². The van der Waals surface area contributed by atoms with Crippen LogP contribution >= 0.6 is 0 Å². The number of hydrogen-bond donors (Lipinski definition) is 0. The molecule has 0 amide bonds. The molecule has 2 saturated carbocycles. The highest BCUT2D eigenvalue weighted by molar-refractivity contribution is 7.89. The van der Waals surface area contributed by atoms with Crippen LogP contribution in [0.25, 0.3) is 0 Å². The van der Waals surface area contributed by atoms with Gasteiger partial charge in [-0.05, 0) is 37.5 Å². The number of sulfonamides is 1. The van der Waals surface area contributed by atoms with Gasteiger partial charge in [-0.1, -0.05) is 13.3 Å². The third-order valence-electron chi connectivity index (χ3n) is 5.30. The van der Waals surface area contributed by atoms with Crippen LogP contribution in [-0.2, 0) is 10.0 Å². The van der Waals surface area contributed by atoms with E-state index in [4.69, 9.17) is 0 Å². The van der Waals surface area contributed by atoms with E-state index >= 15 is 0 Å². The van der Waals surface area contributed by atoms with Crippen LogP contribution in [0.1, 0.15) is 39.0 Å². The van der Waals surface area contributed by atoms with Crippen LogP contribution < -0.4 is 0 Å². The minimum absolute atomic E-state index is 0.307. The molecule has 3 aliphatic rings. The summed E-state index contributed by atoms with van der Waals surface area (Å²) in [6.45, 7) is 5.23. The number of hydrogen-bond acceptors (Lipinski definition) is 3. The smallest absolute Gasteiger partial charge is 0.214 e. The first-order valence-corrected chi connectivity index (χ1v) is 9.43. The quantitative estimate of drug-likeness (QED) is 0.787. The van der Waals surface area contributed by atoms with E-state index < -0.39 is 10.0 Å². The lowest BCUT2D eigenvalue weighted by atomic mass is 9.93. The van der Waals surface area contributed by atoms with Gasteiger partial charge in [-0.25, -0.2) is 8.42 Å². The molecule has 2 aliphatic carbocycles. The monoisotopic (exact) mass is 286 g/mol. The minimum atomic E-state index is -2.98. The van der Waals surface area contributed by atoms with Crippen molar-refractivity contribution in [1.29, 1.82) is 0 Å². The fourth-order valence-electron chi connectivity index (χ4n) is 4.36. The molecule has 0 aromatic heterocycles. The molecule has 1 saturated heterocycles. The Morgan fingerprint density at radius 1 is 1.05 bits per heavy atom. The Morgan fingerprint density at radius 3 is 2.32 bits per heavy atom. The maximum atomic E-state index is 12.0. The molecular formula is C14H26N2O2S. The lowest BCUT2D eigenvalue weighted by Gasteiger charge is -2.40. The summed E-state index contributed by atoms with van der Waals surface area (Å²) in [4.78, 5) is 2.57. The van der Waals surface area contributed by atoms with Crippen molar-refractivity contribution in [3.8, 4) is 0 Å². The summed E-state index contributed by atoms with van der Waals surface area (Å²) in [5.41, 5.74) is 0. The second kappa shape index (κ2) is 5.34. The molecule has 0 aromatic rings. The summed E-state index contributed by atoms with van der Waals surface area (Å²) < 4.78 is 25.8. The number of nitrogens with zero attached hydrogens (tertiary/aromatic N) is 2. The first-order valence-electron chi connectivity index (χ1n) is 7.82. The van der Waals surface area contributed by atoms with Crippen LogP contribution in [0.5, 0.6) is 0 Å². The molecule has 0 unspecified atom stereocenters. The fraction of sp³-hybridized carbons (Fsp3) is 1.00. The number of piperazine rings is 1. The van der Waals surface area contributed by atoms with Gasteiger partial charge in [0.2, 0.25) is 10.0 Å². The summed E-state index contributed by atoms with van der Waals surface area (Å²) >= 11 is 0. The molecule has 1 aliphatic heterocycles. The zero-order valence-electron chi connectivity index (χ0n) is 11.9. The van der Waals surface area contributed by atoms with Crippen molar-refractivity contribution in [3.63, 3.8) is 0 Å². The SMILES string of the molecule is CCCS(=O)(=O)N1CCN([C@@H]2C[C@@H]3CC[C@H]2C3)CC1. The van der Waals surface area contributed by atoms with Crippen molar-refractivity contribution < 1.29 is 8.42 Å². The van der Waals surface area contributed by atoms with E-state index in [1.165, 1.54) is 25.7 Å². The molecule has 0 aromatic carbocycles. The van der Waals surface area contributed by atoms with E-state index in [0.29, 0.717) is 18.8 Å². The van der Waals surface area contributed by atoms with Crippen molar-refractivity contribution in [2.45, 2.75) is 45.1 Å². The van der Waals surface area contributed by atoms with Crippen LogP contribution in [0.2, 0.25) is 0 Å². The molecule has 110 valence electrons. The van der Waals surface area contributed by atoms with Gasteiger partial charge in [0.25, 0.3) is 0 Å². The van der Waals surface area contributed by atoms with E-state index in [2.05, 4.69) is 4.90 Å². The van der Waals surface area contributed by atoms with E-state index in [1.807, 2.05) is 6.92 Å². The van der Waals surface area contributed by atoms with Crippen molar-refractivity contribution in [2.24, 2.45) is 11.8 Å². The average molecular weight is 286 g/mol. The molecule has 2 bridgehead atoms. The van der Waals surface area contributed by atoms with Gasteiger partial charge in [-0.15, -0.1) is 0 Å². The first kappa shape index (κ1) is 13.8. The number of rotatable bonds is 4. The molecule has 1 heterocycles. The molecule has 0 spiro atoms. The van der Waals surface area contributed by atoms with E-state index in [0.717, 1.165) is 37.4 Å². The Bertz CT molecular complexity index is 415. The Balaban J connectivity index is 1.55. The molecule has 3 atom stereocenters. The van der Waals surface area contributed by atoms with Crippen molar-refractivity contribution in [2.75, 3.05) is 31.9 Å². The van der Waals surface area contributed by atoms with Crippen molar-refractivity contribution >= 4 is 10.0 Å². The Morgan fingerprint density at radius 2 is 1.79 bits per heavy atom. The van der Waals surface area contributed by atoms with E-state index in [-0.39, 0.29) is 0 Å². The lowest BCUT2D eigenvalue weighted by molar-refractivity contribution is 0.101. The van der Waals surface area contributed by atoms with E-state index in [9.17, 15) is 8.42 Å². The van der Waals surface area contributed by atoms with Crippen LogP contribution in [0, 0.1) is 11.8 Å². The third kappa shape index (κ3) is 2.69. The Labute approximate surface area is 117 Å². The van der Waals surface area contributed by atoms with Gasteiger partial charge in [0.1, 0.15) is 0 Å². The van der Waals surface area contributed by atoms with Crippen molar-refractivity contribution in [1.82, 2.24) is 9.21 Å². The van der Waals surface area contributed by atoms with Gasteiger partial charge in [-0.3, -0.25) is 4.90 Å². The predicted molar refractivity (Wildman–Crippen MR) is 76.5 cm³/mol. The second-order valence-electron chi connectivity index (χ2n) is 6.49. The average Bonchev–Trinajstić information content (AvgIpc) is 3.01. The van der Waals surface area contributed by atoms with Gasteiger partial charge in [0.15, 0.2) is 0 Å². The maximum absolute atomic E-state index is 12.0. The molecule has 5 heteroatoms. The normalized spacial score (nSPS) is 37.0. The maximum Gasteiger partial charge on any atom is 0.214 e. The predicted octanol–water partition coefficient (Wildman–Crippen LogP) is 1.53. The van der Waals surface area contributed by atoms with E-state index in [1.54, 1.807) is 4.31 Å². The highest BCUT2D eigenvalue weighted by atomic mass is 32.2. The highest BCUT2D eigenvalue weighted by Gasteiger charge is 2.43. The summed E-state index contributed by atoms with van der Waals surface area (Å²) in [6.07, 6.45) is 6.36. The molecule has 19 heavy (non-hydrogen) atoms. The molecular weight excluding hydrogens is 260 g/mol. The van der Waals surface area contributed by atoms with Crippen LogP contribution in [-0.4, -0.2) is 55.6 Å². The highest BCUT2D eigenvalue weighted by Crippen LogP contribution is 2.46. The summed E-state index contributed by atoms with van der Waals surface area (Å²) in [6, 6.07) is 0.759. The second-order valence-corrected chi connectivity index (χ2v) is 8.58. The lowest BCUT2D eigenvalue weighted by Crippen LogP contribution is -2.53. The first-order chi connectivity index (χ1) is 9.10. The summed E-state index contributed by atoms with van der Waals surface area (Å²) in [5.74, 6) is 2.18. The molecule has 3 fully saturated rings. The topological polar surface area (TPSA) is 40.6 Å². The zero-order chi connectivity index (χ0) is 13.5. The standard InChI is InChI=1S/C14H26N2O2S/c1-2-9-19(17,18)16-7-5-15(6-8-16)14-11-12-3-4-13(14)10-12/h12-14H,2-11H2,1H3/t12-,13+,14-/m1/s1. The molecule has 4 nitrogen and oxygen atoms in total. The molecule has 0 radical (unpaired) electrons. The molecule has 3 rings (SSSR count). The minimum Gasteiger partial charge on any atom is -0.297 e. The zero-order valence-corrected chi connectivity index (χ0v) is 12.7. The Kier molecular flexibility index (Phi) is 3.89. The summed E-state index contributed by atoms with van der Waals surface area (Å²) in [5, 5.41) is 0. The fourth-order valence-corrected chi connectivity index (χ4v) is 5.85. The van der Waals surface area contributed by atoms with Gasteiger partial charge >= 0.3 is 0 Å². The van der Waals surface area contributed by atoms with Gasteiger partial charge in [0.05, 0.1) is 5.75 Å². The Hall–Kier alpha value is -0.130. The van der Waals surface area contributed by atoms with Gasteiger partial charge < -0.3 is 0 Å². The number of fused-ring (bicyclic) bond motifs is 2. The summed E-state index contributed by atoms with van der Waals surface area (Å²) in [7, 11) is -2.98. The largest absolute Gasteiger partial charge is 0.297 e. The van der Waals surface area contributed by atoms with Crippen molar-refractivity contribution in [3.05, 3.63) is 0 Å². The van der Waals surface area contributed by atoms with Crippen LogP contribution in [0.15, 0.2) is 0 Å².